The van der Waals surface area contributed by atoms with E-state index in [1.54, 1.807) is 24.3 Å². The molecule has 0 radical (unpaired) electrons. The van der Waals surface area contributed by atoms with E-state index in [1.165, 1.54) is 20.7 Å². The zero-order valence-electron chi connectivity index (χ0n) is 17.1. The van der Waals surface area contributed by atoms with Gasteiger partial charge >= 0.3 is 0 Å². The van der Waals surface area contributed by atoms with Crippen molar-refractivity contribution in [2.45, 2.75) is 4.90 Å². The minimum Gasteiger partial charge on any atom is -0.338 e. The number of sulfonamides is 2. The summed E-state index contributed by atoms with van der Waals surface area (Å²) in [6.45, 7) is 0.611. The molecule has 1 amide bonds. The van der Waals surface area contributed by atoms with Crippen molar-refractivity contribution in [3.05, 3.63) is 71.1 Å². The van der Waals surface area contributed by atoms with Crippen LogP contribution in [-0.4, -0.2) is 70.5 Å². The first-order chi connectivity index (χ1) is 15.3. The number of fused-ring (bicyclic) bond motifs is 1. The maximum Gasteiger partial charge on any atom is 0.263 e. The van der Waals surface area contributed by atoms with Crippen LogP contribution < -0.4 is 4.72 Å². The Morgan fingerprint density at radius 1 is 1.00 bits per heavy atom. The first-order valence-electron chi connectivity index (χ1n) is 9.94. The van der Waals surface area contributed by atoms with Crippen LogP contribution in [0.1, 0.15) is 11.1 Å². The highest BCUT2D eigenvalue weighted by Crippen LogP contribution is 2.22. The highest BCUT2D eigenvalue weighted by molar-refractivity contribution is 7.92. The maximum absolute atomic E-state index is 12.6. The summed E-state index contributed by atoms with van der Waals surface area (Å²) in [6, 6.07) is 15.6. The van der Waals surface area contributed by atoms with Crippen LogP contribution in [0.3, 0.4) is 0 Å². The lowest BCUT2D eigenvalue weighted by molar-refractivity contribution is -0.130. The normalized spacial score (nSPS) is 19.8. The third-order valence-electron chi connectivity index (χ3n) is 5.22. The van der Waals surface area contributed by atoms with Gasteiger partial charge in [0.25, 0.3) is 10.0 Å². The largest absolute Gasteiger partial charge is 0.338 e. The Balaban J connectivity index is 1.35. The zero-order chi connectivity index (χ0) is 22.8. The number of piperazine rings is 1. The molecule has 4 rings (SSSR count). The van der Waals surface area contributed by atoms with Gasteiger partial charge in [0, 0.05) is 37.2 Å². The molecular formula is C21H22N4O5S2. The second kappa shape index (κ2) is 8.85. The summed E-state index contributed by atoms with van der Waals surface area (Å²) in [7, 11) is -7.25. The summed E-state index contributed by atoms with van der Waals surface area (Å²) in [6.07, 6.45) is 1.55. The molecule has 1 N–H and O–H groups in total. The molecule has 0 spiro atoms. The van der Waals surface area contributed by atoms with E-state index in [2.05, 4.69) is 9.71 Å². The van der Waals surface area contributed by atoms with E-state index < -0.39 is 20.0 Å². The minimum atomic E-state index is -3.66. The van der Waals surface area contributed by atoms with Crippen molar-refractivity contribution >= 4 is 37.9 Å². The Bertz CT molecular complexity index is 1280. The number of carbonyl (C=O) groups is 1. The number of carbonyl (C=O) groups excluding carboxylic acids is 1. The van der Waals surface area contributed by atoms with Gasteiger partial charge < -0.3 is 4.90 Å². The Hall–Kier alpha value is -3.02. The summed E-state index contributed by atoms with van der Waals surface area (Å²) >= 11 is 0. The van der Waals surface area contributed by atoms with E-state index in [0.717, 1.165) is 5.56 Å². The predicted octanol–water partition coefficient (Wildman–Crippen LogP) is 0.870. The van der Waals surface area contributed by atoms with Crippen molar-refractivity contribution < 1.29 is 21.6 Å². The fourth-order valence-corrected chi connectivity index (χ4v) is 5.93. The predicted molar refractivity (Wildman–Crippen MR) is 121 cm³/mol. The molecule has 2 aliphatic heterocycles. The van der Waals surface area contributed by atoms with E-state index >= 15 is 0 Å². The third-order valence-corrected chi connectivity index (χ3v) is 8.18. The van der Waals surface area contributed by atoms with E-state index in [9.17, 15) is 21.6 Å². The monoisotopic (exact) mass is 474 g/mol. The Morgan fingerprint density at radius 3 is 2.38 bits per heavy atom. The van der Waals surface area contributed by atoms with Gasteiger partial charge in [0.05, 0.1) is 4.90 Å². The van der Waals surface area contributed by atoms with Crippen LogP contribution in [0, 0.1) is 0 Å². The van der Waals surface area contributed by atoms with Crippen LogP contribution in [0.25, 0.3) is 6.08 Å². The van der Waals surface area contributed by atoms with Crippen molar-refractivity contribution in [2.75, 3.05) is 32.7 Å². The van der Waals surface area contributed by atoms with Crippen molar-refractivity contribution in [3.8, 4) is 0 Å². The molecule has 0 aliphatic carbocycles. The second-order valence-corrected chi connectivity index (χ2v) is 10.8. The average Bonchev–Trinajstić information content (AvgIpc) is 3.07. The van der Waals surface area contributed by atoms with Gasteiger partial charge in [-0.2, -0.15) is 4.31 Å². The fourth-order valence-electron chi connectivity index (χ4n) is 3.50. The lowest BCUT2D eigenvalue weighted by Crippen LogP contribution is -2.50. The van der Waals surface area contributed by atoms with Crippen molar-refractivity contribution in [2.24, 2.45) is 4.99 Å². The summed E-state index contributed by atoms with van der Waals surface area (Å²) < 4.78 is 53.1. The van der Waals surface area contributed by atoms with Gasteiger partial charge in [0.2, 0.25) is 15.9 Å². The van der Waals surface area contributed by atoms with Gasteiger partial charge in [0.15, 0.2) is 0 Å². The van der Waals surface area contributed by atoms with Crippen molar-refractivity contribution in [1.82, 2.24) is 13.9 Å². The average molecular weight is 475 g/mol. The zero-order valence-corrected chi connectivity index (χ0v) is 18.7. The smallest absolute Gasteiger partial charge is 0.263 e. The van der Waals surface area contributed by atoms with Crippen LogP contribution in [0.5, 0.6) is 0 Å². The second-order valence-electron chi connectivity index (χ2n) is 7.30. The number of aliphatic imine (C=N–C) groups is 1. The maximum atomic E-state index is 12.6. The topological polar surface area (TPSA) is 116 Å². The van der Waals surface area contributed by atoms with Crippen molar-refractivity contribution in [1.29, 1.82) is 0 Å². The lowest BCUT2D eigenvalue weighted by Gasteiger charge is -2.33. The van der Waals surface area contributed by atoms with Gasteiger partial charge in [-0.15, -0.1) is 0 Å². The number of hydrogen-bond acceptors (Lipinski definition) is 6. The Labute approximate surface area is 187 Å². The van der Waals surface area contributed by atoms with Crippen LogP contribution in [-0.2, 0) is 24.8 Å². The van der Waals surface area contributed by atoms with Crippen LogP contribution in [0.15, 0.2) is 69.9 Å². The molecule has 11 heteroatoms. The van der Waals surface area contributed by atoms with Gasteiger partial charge in [-0.3, -0.25) is 14.5 Å². The molecular weight excluding hydrogens is 452 g/mol. The molecule has 2 aliphatic rings. The van der Waals surface area contributed by atoms with Crippen molar-refractivity contribution in [3.63, 3.8) is 0 Å². The Morgan fingerprint density at radius 2 is 1.66 bits per heavy atom. The molecule has 2 aromatic rings. The van der Waals surface area contributed by atoms with E-state index in [0.29, 0.717) is 5.56 Å². The number of nitrogens with one attached hydrogen (secondary N) is 1. The number of amides is 1. The molecule has 2 heterocycles. The molecule has 2 aromatic carbocycles. The summed E-state index contributed by atoms with van der Waals surface area (Å²) in [5, 5.41) is 1.18. The van der Waals surface area contributed by atoms with E-state index in [4.69, 9.17) is 0 Å². The molecule has 1 saturated heterocycles. The fraction of sp³-hybridized carbons (Fsp3) is 0.238. The van der Waals surface area contributed by atoms with Gasteiger partial charge in [0.1, 0.15) is 12.4 Å². The van der Waals surface area contributed by atoms with Gasteiger partial charge in [-0.25, -0.2) is 16.8 Å². The number of amidine groups is 1. The number of hydrogen-bond donors (Lipinski definition) is 1. The molecule has 0 aromatic heterocycles. The van der Waals surface area contributed by atoms with Crippen LogP contribution in [0.4, 0.5) is 0 Å². The molecule has 0 bridgehead atoms. The molecule has 168 valence electrons. The number of rotatable bonds is 5. The molecule has 0 atom stereocenters. The number of benzene rings is 2. The summed E-state index contributed by atoms with van der Waals surface area (Å²) in [4.78, 5) is 18.4. The first kappa shape index (κ1) is 22.2. The highest BCUT2D eigenvalue weighted by Gasteiger charge is 2.31. The SMILES string of the molecule is O=C(CN=C1NS(=O)(=O)c2ccccc21)N1CCN(S(=O)(=O)C=Cc2ccccc2)CC1. The molecule has 0 saturated carbocycles. The summed E-state index contributed by atoms with van der Waals surface area (Å²) in [5.41, 5.74) is 1.22. The highest BCUT2D eigenvalue weighted by atomic mass is 32.2. The standard InChI is InChI=1S/C21H22N4O5S2/c26-20(16-22-21-18-8-4-5-9-19(18)32(29,30)23-21)24-11-13-25(14-12-24)31(27,28)15-10-17-6-2-1-3-7-17/h1-10,15H,11-14,16H2,(H,22,23). The molecule has 1 fully saturated rings. The first-order valence-corrected chi connectivity index (χ1v) is 12.9. The van der Waals surface area contributed by atoms with Gasteiger partial charge in [-0.1, -0.05) is 42.5 Å². The number of nitrogens with zero attached hydrogens (tertiary/aromatic N) is 3. The quantitative estimate of drug-likeness (QED) is 0.690. The van der Waals surface area contributed by atoms with Crippen LogP contribution in [0.2, 0.25) is 0 Å². The lowest BCUT2D eigenvalue weighted by atomic mass is 10.2. The molecule has 32 heavy (non-hydrogen) atoms. The Kier molecular flexibility index (Phi) is 6.13. The molecule has 9 nitrogen and oxygen atoms in total. The van der Waals surface area contributed by atoms with E-state index in [-0.39, 0.29) is 49.4 Å². The summed E-state index contributed by atoms with van der Waals surface area (Å²) in [5.74, 6) is -0.154. The van der Waals surface area contributed by atoms with Gasteiger partial charge in [-0.05, 0) is 23.8 Å². The minimum absolute atomic E-state index is 0.133. The van der Waals surface area contributed by atoms with E-state index in [1.807, 2.05) is 30.3 Å². The third kappa shape index (κ3) is 4.74. The molecule has 0 unspecified atom stereocenters. The van der Waals surface area contributed by atoms with Crippen LogP contribution >= 0.6 is 0 Å².